The largest absolute Gasteiger partial charge is 0.481 e. The van der Waals surface area contributed by atoms with Gasteiger partial charge in [0, 0.05) is 6.07 Å². The first kappa shape index (κ1) is 11.9. The van der Waals surface area contributed by atoms with Crippen LogP contribution in [-0.4, -0.2) is 22.2 Å². The lowest BCUT2D eigenvalue weighted by Gasteiger charge is -2.17. The molecule has 0 heterocycles. The van der Waals surface area contributed by atoms with Crippen LogP contribution in [-0.2, 0) is 0 Å². The van der Waals surface area contributed by atoms with Gasteiger partial charge in [0.15, 0.2) is 5.75 Å². The Labute approximate surface area is 99.2 Å². The smallest absolute Gasteiger partial charge is 0.310 e. The highest BCUT2D eigenvalue weighted by atomic mass is 16.6. The van der Waals surface area contributed by atoms with Gasteiger partial charge in [-0.25, -0.2) is 0 Å². The van der Waals surface area contributed by atoms with E-state index in [2.05, 4.69) is 0 Å². The van der Waals surface area contributed by atoms with Gasteiger partial charge in [-0.15, -0.1) is 0 Å². The van der Waals surface area contributed by atoms with Crippen LogP contribution in [0.2, 0.25) is 0 Å². The average Bonchev–Trinajstić information content (AvgIpc) is 2.64. The lowest BCUT2D eigenvalue weighted by atomic mass is 10.2. The Morgan fingerprint density at radius 3 is 2.82 bits per heavy atom. The molecule has 1 aliphatic rings. The molecule has 0 unspecified atom stereocenters. The number of nitrogens with zero attached hydrogens (tertiary/aromatic N) is 1. The van der Waals surface area contributed by atoms with E-state index >= 15 is 0 Å². The lowest BCUT2D eigenvalue weighted by molar-refractivity contribution is -0.386. The van der Waals surface area contributed by atoms with E-state index in [1.807, 2.05) is 6.92 Å². The lowest BCUT2D eigenvalue weighted by Crippen LogP contribution is -2.25. The van der Waals surface area contributed by atoms with Crippen LogP contribution in [0.25, 0.3) is 0 Å². The number of hydrogen-bond donors (Lipinski definition) is 1. The highest BCUT2D eigenvalue weighted by Crippen LogP contribution is 2.32. The van der Waals surface area contributed by atoms with Gasteiger partial charge in [-0.1, -0.05) is 6.07 Å². The van der Waals surface area contributed by atoms with Crippen molar-refractivity contribution < 1.29 is 14.8 Å². The van der Waals surface area contributed by atoms with Crippen LogP contribution < -0.4 is 4.74 Å². The fourth-order valence-electron chi connectivity index (χ4n) is 2.07. The summed E-state index contributed by atoms with van der Waals surface area (Å²) in [6.45, 7) is 1.85. The van der Waals surface area contributed by atoms with E-state index < -0.39 is 11.0 Å². The zero-order valence-electron chi connectivity index (χ0n) is 9.63. The predicted molar refractivity (Wildman–Crippen MR) is 62.1 cm³/mol. The van der Waals surface area contributed by atoms with Crippen molar-refractivity contribution in [2.45, 2.75) is 38.4 Å². The molecule has 0 saturated heterocycles. The summed E-state index contributed by atoms with van der Waals surface area (Å²) in [7, 11) is 0. The number of ether oxygens (including phenoxy) is 1. The second kappa shape index (κ2) is 4.71. The first-order chi connectivity index (χ1) is 8.08. The fourth-order valence-corrected chi connectivity index (χ4v) is 2.07. The van der Waals surface area contributed by atoms with Gasteiger partial charge in [0.2, 0.25) is 0 Å². The molecule has 17 heavy (non-hydrogen) atoms. The summed E-state index contributed by atoms with van der Waals surface area (Å²) in [6.07, 6.45) is 1.49. The molecule has 5 nitrogen and oxygen atoms in total. The Morgan fingerprint density at radius 1 is 1.47 bits per heavy atom. The Balaban J connectivity index is 2.24. The third-order valence-corrected chi connectivity index (χ3v) is 3.01. The molecule has 0 aliphatic heterocycles. The third kappa shape index (κ3) is 2.55. The van der Waals surface area contributed by atoms with Gasteiger partial charge in [0.05, 0.1) is 11.0 Å². The van der Waals surface area contributed by atoms with Crippen molar-refractivity contribution in [3.63, 3.8) is 0 Å². The first-order valence-electron chi connectivity index (χ1n) is 5.67. The Hall–Kier alpha value is -1.62. The summed E-state index contributed by atoms with van der Waals surface area (Å²) >= 11 is 0. The van der Waals surface area contributed by atoms with E-state index in [-0.39, 0.29) is 17.5 Å². The van der Waals surface area contributed by atoms with Gasteiger partial charge in [0.1, 0.15) is 6.10 Å². The summed E-state index contributed by atoms with van der Waals surface area (Å²) in [5, 5.41) is 20.5. The second-order valence-electron chi connectivity index (χ2n) is 4.38. The minimum Gasteiger partial charge on any atom is -0.481 e. The highest BCUT2D eigenvalue weighted by Gasteiger charge is 2.29. The molecule has 1 N–H and O–H groups in total. The number of rotatable bonds is 3. The van der Waals surface area contributed by atoms with Crippen LogP contribution in [0, 0.1) is 17.0 Å². The molecule has 0 spiro atoms. The number of aliphatic hydroxyl groups excluding tert-OH is 1. The van der Waals surface area contributed by atoms with Gasteiger partial charge in [0.25, 0.3) is 0 Å². The van der Waals surface area contributed by atoms with Gasteiger partial charge in [-0.05, 0) is 37.8 Å². The molecule has 1 aromatic rings. The second-order valence-corrected chi connectivity index (χ2v) is 4.38. The molecule has 0 bridgehead atoms. The monoisotopic (exact) mass is 237 g/mol. The highest BCUT2D eigenvalue weighted by molar-refractivity contribution is 5.48. The summed E-state index contributed by atoms with van der Waals surface area (Å²) in [5.41, 5.74) is 0.854. The topological polar surface area (TPSA) is 72.6 Å². The maximum Gasteiger partial charge on any atom is 0.310 e. The zero-order chi connectivity index (χ0) is 12.4. The molecule has 1 saturated carbocycles. The summed E-state index contributed by atoms with van der Waals surface area (Å²) < 4.78 is 5.57. The zero-order valence-corrected chi connectivity index (χ0v) is 9.63. The van der Waals surface area contributed by atoms with Crippen molar-refractivity contribution >= 4 is 5.69 Å². The van der Waals surface area contributed by atoms with Crippen LogP contribution >= 0.6 is 0 Å². The van der Waals surface area contributed by atoms with Gasteiger partial charge in [-0.3, -0.25) is 10.1 Å². The van der Waals surface area contributed by atoms with E-state index in [1.165, 1.54) is 6.07 Å². The third-order valence-electron chi connectivity index (χ3n) is 3.01. The molecule has 0 aromatic heterocycles. The summed E-state index contributed by atoms with van der Waals surface area (Å²) in [5.74, 6) is 0.251. The molecule has 92 valence electrons. The standard InChI is InChI=1S/C12H15NO4/c1-8-5-6-9(13(15)16)12(7-8)17-11-4-2-3-10(11)14/h5-7,10-11,14H,2-4H2,1H3/t10-,11-/m1/s1. The number of hydrogen-bond acceptors (Lipinski definition) is 4. The van der Waals surface area contributed by atoms with Crippen LogP contribution in [0.1, 0.15) is 24.8 Å². The maximum atomic E-state index is 10.9. The van der Waals surface area contributed by atoms with E-state index in [1.54, 1.807) is 12.1 Å². The van der Waals surface area contributed by atoms with Crippen molar-refractivity contribution in [2.75, 3.05) is 0 Å². The van der Waals surface area contributed by atoms with E-state index in [0.717, 1.165) is 18.4 Å². The molecular weight excluding hydrogens is 222 g/mol. The Bertz CT molecular complexity index is 433. The minimum absolute atomic E-state index is 0.0466. The van der Waals surface area contributed by atoms with E-state index in [9.17, 15) is 15.2 Å². The predicted octanol–water partition coefficient (Wildman–Crippen LogP) is 2.20. The SMILES string of the molecule is Cc1ccc([N+](=O)[O-])c(O[C@@H]2CCC[C@H]2O)c1. The molecule has 1 aromatic carbocycles. The number of benzene rings is 1. The Morgan fingerprint density at radius 2 is 2.24 bits per heavy atom. The van der Waals surface area contributed by atoms with E-state index in [4.69, 9.17) is 4.74 Å². The number of nitro benzene ring substituents is 1. The summed E-state index contributed by atoms with van der Waals surface area (Å²) in [4.78, 5) is 10.4. The van der Waals surface area contributed by atoms with Gasteiger partial charge >= 0.3 is 5.69 Å². The van der Waals surface area contributed by atoms with Crippen molar-refractivity contribution in [1.82, 2.24) is 0 Å². The van der Waals surface area contributed by atoms with Gasteiger partial charge in [-0.2, -0.15) is 0 Å². The van der Waals surface area contributed by atoms with Crippen molar-refractivity contribution in [2.24, 2.45) is 0 Å². The number of nitro groups is 1. The van der Waals surface area contributed by atoms with Crippen molar-refractivity contribution in [3.8, 4) is 5.75 Å². The van der Waals surface area contributed by atoms with Crippen LogP contribution in [0.15, 0.2) is 18.2 Å². The normalized spacial score (nSPS) is 23.6. The van der Waals surface area contributed by atoms with Crippen LogP contribution in [0.5, 0.6) is 5.75 Å². The van der Waals surface area contributed by atoms with Crippen LogP contribution in [0.3, 0.4) is 0 Å². The minimum atomic E-state index is -0.518. The first-order valence-corrected chi connectivity index (χ1v) is 5.67. The average molecular weight is 237 g/mol. The number of aliphatic hydroxyl groups is 1. The molecule has 2 atom stereocenters. The molecule has 2 rings (SSSR count). The quantitative estimate of drug-likeness (QED) is 0.646. The molecule has 0 radical (unpaired) electrons. The van der Waals surface area contributed by atoms with Crippen molar-refractivity contribution in [3.05, 3.63) is 33.9 Å². The molecule has 0 amide bonds. The number of aryl methyl sites for hydroxylation is 1. The fraction of sp³-hybridized carbons (Fsp3) is 0.500. The maximum absolute atomic E-state index is 10.9. The Kier molecular flexibility index (Phi) is 3.28. The van der Waals surface area contributed by atoms with Crippen LogP contribution in [0.4, 0.5) is 5.69 Å². The molecule has 1 fully saturated rings. The van der Waals surface area contributed by atoms with Gasteiger partial charge < -0.3 is 9.84 Å². The molecular formula is C12H15NO4. The molecule has 5 heteroatoms. The van der Waals surface area contributed by atoms with Crippen molar-refractivity contribution in [1.29, 1.82) is 0 Å². The summed E-state index contributed by atoms with van der Waals surface area (Å²) in [6, 6.07) is 4.76. The molecule has 1 aliphatic carbocycles. The van der Waals surface area contributed by atoms with E-state index in [0.29, 0.717) is 6.42 Å².